The maximum atomic E-state index is 13.4. The molecule has 1 saturated heterocycles. The first kappa shape index (κ1) is 18.3. The summed E-state index contributed by atoms with van der Waals surface area (Å²) in [5, 5.41) is 10.9. The summed E-state index contributed by atoms with van der Waals surface area (Å²) in [6.45, 7) is 1.73. The fraction of sp³-hybridized carbons (Fsp3) is 0.300. The average molecular weight is 407 g/mol. The van der Waals surface area contributed by atoms with Crippen molar-refractivity contribution in [3.63, 3.8) is 0 Å². The van der Waals surface area contributed by atoms with E-state index in [0.717, 1.165) is 5.82 Å². The molecule has 0 radical (unpaired) electrons. The summed E-state index contributed by atoms with van der Waals surface area (Å²) < 4.78 is 15.2. The van der Waals surface area contributed by atoms with Crippen molar-refractivity contribution in [2.24, 2.45) is 11.8 Å². The lowest BCUT2D eigenvalue weighted by molar-refractivity contribution is 0.0777. The van der Waals surface area contributed by atoms with Crippen LogP contribution in [0.3, 0.4) is 0 Å². The summed E-state index contributed by atoms with van der Waals surface area (Å²) in [6.07, 6.45) is 5.13. The Labute approximate surface area is 171 Å². The second kappa shape index (κ2) is 7.29. The van der Waals surface area contributed by atoms with E-state index in [-0.39, 0.29) is 23.6 Å². The Bertz CT molecular complexity index is 1120. The van der Waals surface area contributed by atoms with Crippen LogP contribution in [0.4, 0.5) is 10.1 Å². The molecule has 2 aromatic heterocycles. The number of hydrogen-bond donors (Lipinski definition) is 1. The zero-order chi connectivity index (χ0) is 20.7. The van der Waals surface area contributed by atoms with Gasteiger partial charge in [0.2, 0.25) is 5.82 Å². The van der Waals surface area contributed by atoms with Crippen LogP contribution >= 0.6 is 0 Å². The molecule has 0 saturated carbocycles. The standard InChI is InChI=1S/C20H18FN7O2/c21-14-2-1-3-15(7-14)24-19(29)18-26-25-17-6-12-9-27(10-13(12)11-28(17)18)20(30)16-8-22-4-5-23-16/h1-5,7-8,12-13H,6,9-11H2,(H,24,29)/t12-,13-/m0/s1. The molecule has 4 heterocycles. The molecule has 9 nitrogen and oxygen atoms in total. The van der Waals surface area contributed by atoms with Crippen molar-refractivity contribution in [3.8, 4) is 0 Å². The lowest BCUT2D eigenvalue weighted by Crippen LogP contribution is -2.31. The van der Waals surface area contributed by atoms with E-state index in [2.05, 4.69) is 25.5 Å². The van der Waals surface area contributed by atoms with Gasteiger partial charge in [-0.25, -0.2) is 9.37 Å². The SMILES string of the molecule is O=C(Nc1cccc(F)c1)c1nnc2n1C[C@@H]1CN(C(=O)c3cnccn3)C[C@@H]1C2. The van der Waals surface area contributed by atoms with Crippen molar-refractivity contribution >= 4 is 17.5 Å². The van der Waals surface area contributed by atoms with Gasteiger partial charge in [0.1, 0.15) is 17.3 Å². The predicted octanol–water partition coefficient (Wildman–Crippen LogP) is 1.40. The predicted molar refractivity (Wildman–Crippen MR) is 103 cm³/mol. The molecule has 0 unspecified atom stereocenters. The summed E-state index contributed by atoms with van der Waals surface area (Å²) in [6, 6.07) is 5.69. The van der Waals surface area contributed by atoms with Crippen LogP contribution in [0.1, 0.15) is 26.9 Å². The van der Waals surface area contributed by atoms with E-state index in [1.807, 2.05) is 0 Å². The van der Waals surface area contributed by atoms with Gasteiger partial charge in [-0.05, 0) is 30.0 Å². The van der Waals surface area contributed by atoms with Gasteiger partial charge in [-0.2, -0.15) is 0 Å². The van der Waals surface area contributed by atoms with Gasteiger partial charge in [-0.15, -0.1) is 10.2 Å². The maximum absolute atomic E-state index is 13.4. The molecule has 0 bridgehead atoms. The number of nitrogens with one attached hydrogen (secondary N) is 1. The number of fused-ring (bicyclic) bond motifs is 2. The van der Waals surface area contributed by atoms with Crippen LogP contribution in [0.25, 0.3) is 0 Å². The highest BCUT2D eigenvalue weighted by atomic mass is 19.1. The Morgan fingerprint density at radius 3 is 2.77 bits per heavy atom. The molecule has 30 heavy (non-hydrogen) atoms. The van der Waals surface area contributed by atoms with Crippen LogP contribution in [0.5, 0.6) is 0 Å². The van der Waals surface area contributed by atoms with Crippen molar-refractivity contribution < 1.29 is 14.0 Å². The number of anilines is 1. The minimum absolute atomic E-state index is 0.141. The molecule has 2 atom stereocenters. The fourth-order valence-corrected chi connectivity index (χ4v) is 4.18. The molecule has 0 aliphatic carbocycles. The van der Waals surface area contributed by atoms with Crippen LogP contribution < -0.4 is 5.32 Å². The molecule has 2 aliphatic rings. The van der Waals surface area contributed by atoms with E-state index in [1.54, 1.807) is 15.5 Å². The van der Waals surface area contributed by atoms with Crippen LogP contribution in [0.15, 0.2) is 42.9 Å². The number of likely N-dealkylation sites (tertiary alicyclic amines) is 1. The van der Waals surface area contributed by atoms with Gasteiger partial charge in [0.25, 0.3) is 11.8 Å². The van der Waals surface area contributed by atoms with Crippen molar-refractivity contribution in [2.45, 2.75) is 13.0 Å². The average Bonchev–Trinajstić information content (AvgIpc) is 3.35. The molecular weight excluding hydrogens is 389 g/mol. The Balaban J connectivity index is 1.31. The first-order valence-corrected chi connectivity index (χ1v) is 9.63. The van der Waals surface area contributed by atoms with Gasteiger partial charge >= 0.3 is 0 Å². The lowest BCUT2D eigenvalue weighted by Gasteiger charge is -2.25. The summed E-state index contributed by atoms with van der Waals surface area (Å²) >= 11 is 0. The molecule has 10 heteroatoms. The highest BCUT2D eigenvalue weighted by molar-refractivity contribution is 6.01. The molecular formula is C20H18FN7O2. The van der Waals surface area contributed by atoms with E-state index in [1.165, 1.54) is 36.8 Å². The third-order valence-corrected chi connectivity index (χ3v) is 5.62. The van der Waals surface area contributed by atoms with Crippen molar-refractivity contribution in [1.29, 1.82) is 0 Å². The number of nitrogens with zero attached hydrogens (tertiary/aromatic N) is 6. The van der Waals surface area contributed by atoms with Gasteiger partial charge in [-0.3, -0.25) is 14.6 Å². The number of benzene rings is 1. The number of carbonyl (C=O) groups is 2. The van der Waals surface area contributed by atoms with E-state index in [9.17, 15) is 14.0 Å². The third-order valence-electron chi connectivity index (χ3n) is 5.62. The Hall–Kier alpha value is -3.69. The van der Waals surface area contributed by atoms with E-state index in [0.29, 0.717) is 37.4 Å². The van der Waals surface area contributed by atoms with Crippen molar-refractivity contribution in [2.75, 3.05) is 18.4 Å². The number of carbonyl (C=O) groups excluding carboxylic acids is 2. The quantitative estimate of drug-likeness (QED) is 0.704. The molecule has 2 amide bonds. The summed E-state index contributed by atoms with van der Waals surface area (Å²) in [5.41, 5.74) is 0.679. The van der Waals surface area contributed by atoms with Crippen molar-refractivity contribution in [1.82, 2.24) is 29.6 Å². The van der Waals surface area contributed by atoms with Crippen LogP contribution in [0, 0.1) is 17.7 Å². The summed E-state index contributed by atoms with van der Waals surface area (Å²) in [5.74, 6) is 0.329. The zero-order valence-corrected chi connectivity index (χ0v) is 15.9. The number of hydrogen-bond acceptors (Lipinski definition) is 6. The van der Waals surface area contributed by atoms with E-state index < -0.39 is 11.7 Å². The largest absolute Gasteiger partial charge is 0.337 e. The molecule has 1 N–H and O–H groups in total. The van der Waals surface area contributed by atoms with Crippen LogP contribution in [-0.2, 0) is 13.0 Å². The molecule has 1 aromatic carbocycles. The van der Waals surface area contributed by atoms with Gasteiger partial charge in [-0.1, -0.05) is 6.07 Å². The number of rotatable bonds is 3. The smallest absolute Gasteiger partial charge is 0.293 e. The molecule has 5 rings (SSSR count). The van der Waals surface area contributed by atoms with E-state index >= 15 is 0 Å². The van der Waals surface area contributed by atoms with Gasteiger partial charge in [0.05, 0.1) is 6.20 Å². The molecule has 152 valence electrons. The normalized spacial score (nSPS) is 19.8. The number of halogens is 1. The third kappa shape index (κ3) is 3.30. The van der Waals surface area contributed by atoms with Gasteiger partial charge in [0, 0.05) is 44.1 Å². The fourth-order valence-electron chi connectivity index (χ4n) is 4.18. The zero-order valence-electron chi connectivity index (χ0n) is 15.9. The minimum Gasteiger partial charge on any atom is -0.337 e. The Morgan fingerprint density at radius 1 is 1.10 bits per heavy atom. The molecule has 1 fully saturated rings. The highest BCUT2D eigenvalue weighted by Crippen LogP contribution is 2.33. The summed E-state index contributed by atoms with van der Waals surface area (Å²) in [4.78, 5) is 35.2. The highest BCUT2D eigenvalue weighted by Gasteiger charge is 2.41. The Morgan fingerprint density at radius 2 is 1.97 bits per heavy atom. The first-order valence-electron chi connectivity index (χ1n) is 9.63. The number of amides is 2. The van der Waals surface area contributed by atoms with E-state index in [4.69, 9.17) is 0 Å². The topological polar surface area (TPSA) is 106 Å². The van der Waals surface area contributed by atoms with Gasteiger partial charge in [0.15, 0.2) is 0 Å². The molecule has 3 aromatic rings. The molecule has 2 aliphatic heterocycles. The second-order valence-corrected chi connectivity index (χ2v) is 7.54. The maximum Gasteiger partial charge on any atom is 0.293 e. The minimum atomic E-state index is -0.441. The van der Waals surface area contributed by atoms with Crippen molar-refractivity contribution in [3.05, 3.63) is 66.0 Å². The summed E-state index contributed by atoms with van der Waals surface area (Å²) in [7, 11) is 0. The lowest BCUT2D eigenvalue weighted by atomic mass is 9.89. The Kier molecular flexibility index (Phi) is 4.46. The number of aromatic nitrogens is 5. The monoisotopic (exact) mass is 407 g/mol. The van der Waals surface area contributed by atoms with Crippen LogP contribution in [0.2, 0.25) is 0 Å². The first-order chi connectivity index (χ1) is 14.6. The van der Waals surface area contributed by atoms with Gasteiger partial charge < -0.3 is 14.8 Å². The second-order valence-electron chi connectivity index (χ2n) is 7.54. The van der Waals surface area contributed by atoms with Crippen LogP contribution in [-0.4, -0.2) is 54.5 Å². The molecule has 0 spiro atoms.